The van der Waals surface area contributed by atoms with Gasteiger partial charge in [-0.05, 0) is 34.5 Å². The summed E-state index contributed by atoms with van der Waals surface area (Å²) in [6, 6.07) is 3.83. The minimum absolute atomic E-state index is 0.182. The van der Waals surface area contributed by atoms with Gasteiger partial charge in [0.05, 0.1) is 4.47 Å². The summed E-state index contributed by atoms with van der Waals surface area (Å²) in [6.45, 7) is 2.70. The van der Waals surface area contributed by atoms with E-state index in [1.807, 2.05) is 25.3 Å². The molecule has 0 spiro atoms. The predicted octanol–water partition coefficient (Wildman–Crippen LogP) is 2.06. The van der Waals surface area contributed by atoms with E-state index in [9.17, 15) is 4.21 Å². The number of anilines is 1. The van der Waals surface area contributed by atoms with Crippen LogP contribution in [0.5, 0.6) is 0 Å². The fraction of sp³-hybridized carbons (Fsp3) is 0.455. The molecule has 0 aliphatic carbocycles. The first-order chi connectivity index (χ1) is 8.58. The third kappa shape index (κ3) is 3.08. The Morgan fingerprint density at radius 2 is 2.39 bits per heavy atom. The van der Waals surface area contributed by atoms with Crippen LogP contribution in [0.3, 0.4) is 0 Å². The molecule has 18 heavy (non-hydrogen) atoms. The molecule has 2 unspecified atom stereocenters. The maximum Gasteiger partial charge on any atom is 0.243 e. The highest BCUT2D eigenvalue weighted by Gasteiger charge is 2.08. The second-order valence-electron chi connectivity index (χ2n) is 4.08. The van der Waals surface area contributed by atoms with Crippen molar-refractivity contribution >= 4 is 38.3 Å². The smallest absolute Gasteiger partial charge is 0.243 e. The van der Waals surface area contributed by atoms with Crippen molar-refractivity contribution in [3.8, 4) is 0 Å². The van der Waals surface area contributed by atoms with Gasteiger partial charge in [0.1, 0.15) is 0 Å². The number of hydrogen-bond acceptors (Lipinski definition) is 4. The number of nitrogens with zero attached hydrogens (tertiary/aromatic N) is 3. The Labute approximate surface area is 117 Å². The maximum absolute atomic E-state index is 11.2. The summed E-state index contributed by atoms with van der Waals surface area (Å²) >= 11 is 3.43. The van der Waals surface area contributed by atoms with Crippen LogP contribution < -0.4 is 5.32 Å². The Morgan fingerprint density at radius 1 is 1.61 bits per heavy atom. The molecule has 1 N–H and O–H groups in total. The number of pyridine rings is 1. The lowest BCUT2D eigenvalue weighted by molar-refractivity contribution is 0.672. The van der Waals surface area contributed by atoms with Gasteiger partial charge in [-0.2, -0.15) is 4.98 Å². The van der Waals surface area contributed by atoms with Crippen molar-refractivity contribution in [3.63, 3.8) is 0 Å². The first kappa shape index (κ1) is 13.5. The molecule has 0 saturated heterocycles. The molecule has 0 saturated carbocycles. The molecule has 0 aliphatic rings. The maximum atomic E-state index is 11.2. The zero-order valence-corrected chi connectivity index (χ0v) is 12.7. The van der Waals surface area contributed by atoms with Gasteiger partial charge in [-0.3, -0.25) is 4.21 Å². The number of hydrogen-bond donors (Lipinski definition) is 1. The molecule has 98 valence electrons. The fourth-order valence-electron chi connectivity index (χ4n) is 1.50. The van der Waals surface area contributed by atoms with Crippen molar-refractivity contribution in [2.24, 2.45) is 0 Å². The SMILES string of the molecule is CC(CCNc1nc2c(Br)cccn2n1)S(C)=O. The Bertz CT molecular complexity index is 571. The highest BCUT2D eigenvalue weighted by atomic mass is 79.9. The normalized spacial score (nSPS) is 14.6. The van der Waals surface area contributed by atoms with Gasteiger partial charge in [0.25, 0.3) is 0 Å². The minimum Gasteiger partial charge on any atom is -0.353 e. The molecule has 2 aromatic rings. The van der Waals surface area contributed by atoms with E-state index in [-0.39, 0.29) is 5.25 Å². The molecule has 0 radical (unpaired) electrons. The van der Waals surface area contributed by atoms with Crippen molar-refractivity contribution in [2.45, 2.75) is 18.6 Å². The lowest BCUT2D eigenvalue weighted by atomic mass is 10.3. The quantitative estimate of drug-likeness (QED) is 0.911. The van der Waals surface area contributed by atoms with Crippen molar-refractivity contribution < 1.29 is 4.21 Å². The van der Waals surface area contributed by atoms with E-state index >= 15 is 0 Å². The van der Waals surface area contributed by atoms with Crippen LogP contribution in [0, 0.1) is 0 Å². The van der Waals surface area contributed by atoms with Crippen LogP contribution >= 0.6 is 15.9 Å². The van der Waals surface area contributed by atoms with Crippen LogP contribution in [0.2, 0.25) is 0 Å². The second-order valence-corrected chi connectivity index (χ2v) is 6.74. The van der Waals surface area contributed by atoms with Gasteiger partial charge in [0.2, 0.25) is 5.95 Å². The summed E-state index contributed by atoms with van der Waals surface area (Å²) in [7, 11) is -0.780. The third-order valence-corrected chi connectivity index (χ3v) is 4.70. The lowest BCUT2D eigenvalue weighted by Crippen LogP contribution is -2.15. The van der Waals surface area contributed by atoms with E-state index < -0.39 is 10.8 Å². The number of halogens is 1. The van der Waals surface area contributed by atoms with Crippen LogP contribution in [-0.4, -0.2) is 36.9 Å². The van der Waals surface area contributed by atoms with Crippen molar-refractivity contribution in [2.75, 3.05) is 18.1 Å². The second kappa shape index (κ2) is 5.79. The summed E-state index contributed by atoms with van der Waals surface area (Å²) in [5, 5.41) is 7.63. The average molecular weight is 331 g/mol. The van der Waals surface area contributed by atoms with Crippen LogP contribution in [0.25, 0.3) is 5.65 Å². The molecule has 0 amide bonds. The summed E-state index contributed by atoms with van der Waals surface area (Å²) in [5.74, 6) is 0.594. The molecule has 2 atom stereocenters. The lowest BCUT2D eigenvalue weighted by Gasteiger charge is -2.07. The molecule has 5 nitrogen and oxygen atoms in total. The molecule has 2 aromatic heterocycles. The van der Waals surface area contributed by atoms with Gasteiger partial charge in [-0.15, -0.1) is 5.10 Å². The Balaban J connectivity index is 2.00. The molecule has 2 heterocycles. The molecule has 2 rings (SSSR count). The largest absolute Gasteiger partial charge is 0.353 e. The molecule has 0 bridgehead atoms. The van der Waals surface area contributed by atoms with Gasteiger partial charge in [-0.25, -0.2) is 4.52 Å². The third-order valence-electron chi connectivity index (χ3n) is 2.72. The Morgan fingerprint density at radius 3 is 3.06 bits per heavy atom. The van der Waals surface area contributed by atoms with Gasteiger partial charge < -0.3 is 5.32 Å². The molecule has 7 heteroatoms. The van der Waals surface area contributed by atoms with E-state index in [1.54, 1.807) is 10.8 Å². The molecule has 0 aromatic carbocycles. The molecular formula is C11H15BrN4OS. The van der Waals surface area contributed by atoms with E-state index in [1.165, 1.54) is 0 Å². The number of nitrogens with one attached hydrogen (secondary N) is 1. The summed E-state index contributed by atoms with van der Waals surface area (Å²) in [4.78, 5) is 4.37. The van der Waals surface area contributed by atoms with Crippen molar-refractivity contribution in [3.05, 3.63) is 22.8 Å². The Hall–Kier alpha value is -0.950. The van der Waals surface area contributed by atoms with Crippen LogP contribution in [0.4, 0.5) is 5.95 Å². The monoisotopic (exact) mass is 330 g/mol. The summed E-state index contributed by atoms with van der Waals surface area (Å²) in [6.07, 6.45) is 4.41. The van der Waals surface area contributed by atoms with E-state index in [4.69, 9.17) is 0 Å². The van der Waals surface area contributed by atoms with Crippen LogP contribution in [0.1, 0.15) is 13.3 Å². The summed E-state index contributed by atoms with van der Waals surface area (Å²) in [5.41, 5.74) is 0.784. The van der Waals surface area contributed by atoms with Gasteiger partial charge in [-0.1, -0.05) is 6.92 Å². The zero-order chi connectivity index (χ0) is 13.1. The van der Waals surface area contributed by atoms with E-state index in [0.717, 1.165) is 23.1 Å². The first-order valence-electron chi connectivity index (χ1n) is 5.65. The first-order valence-corrected chi connectivity index (χ1v) is 8.06. The van der Waals surface area contributed by atoms with E-state index in [2.05, 4.69) is 31.3 Å². The molecule has 0 fully saturated rings. The average Bonchev–Trinajstić information content (AvgIpc) is 2.73. The Kier molecular flexibility index (Phi) is 4.34. The minimum atomic E-state index is -0.780. The summed E-state index contributed by atoms with van der Waals surface area (Å²) < 4.78 is 13.8. The van der Waals surface area contributed by atoms with Crippen LogP contribution in [-0.2, 0) is 10.8 Å². The van der Waals surface area contributed by atoms with E-state index in [0.29, 0.717) is 5.95 Å². The number of fused-ring (bicyclic) bond motifs is 1. The molecular weight excluding hydrogens is 316 g/mol. The predicted molar refractivity (Wildman–Crippen MR) is 77.3 cm³/mol. The number of aromatic nitrogens is 3. The van der Waals surface area contributed by atoms with Gasteiger partial charge in [0, 0.05) is 35.0 Å². The fourth-order valence-corrected chi connectivity index (χ4v) is 2.37. The molecule has 0 aliphatic heterocycles. The van der Waals surface area contributed by atoms with Gasteiger partial charge in [0.15, 0.2) is 5.65 Å². The van der Waals surface area contributed by atoms with Crippen molar-refractivity contribution in [1.29, 1.82) is 0 Å². The van der Waals surface area contributed by atoms with Crippen molar-refractivity contribution in [1.82, 2.24) is 14.6 Å². The topological polar surface area (TPSA) is 59.3 Å². The highest BCUT2D eigenvalue weighted by Crippen LogP contribution is 2.16. The number of rotatable bonds is 5. The zero-order valence-electron chi connectivity index (χ0n) is 10.3. The highest BCUT2D eigenvalue weighted by molar-refractivity contribution is 9.10. The van der Waals surface area contributed by atoms with Gasteiger partial charge >= 0.3 is 0 Å². The standard InChI is InChI=1S/C11H15BrN4OS/c1-8(18(2)17)5-6-13-11-14-10-9(12)4-3-7-16(10)15-11/h3-4,7-8H,5-6H2,1-2H3,(H,13,15). The van der Waals surface area contributed by atoms with Crippen LogP contribution in [0.15, 0.2) is 22.8 Å².